The number of imidazole rings is 1. The smallest absolute Gasteiger partial charge is 0.191 e. The van der Waals surface area contributed by atoms with E-state index in [9.17, 15) is 0 Å². The van der Waals surface area contributed by atoms with Crippen LogP contribution in [0.15, 0.2) is 29.3 Å². The van der Waals surface area contributed by atoms with Gasteiger partial charge in [0.15, 0.2) is 5.96 Å². The zero-order chi connectivity index (χ0) is 15.1. The Morgan fingerprint density at radius 3 is 2.77 bits per heavy atom. The van der Waals surface area contributed by atoms with E-state index < -0.39 is 0 Å². The molecule has 0 spiro atoms. The molecule has 0 aliphatic carbocycles. The average molecular weight is 417 g/mol. The SMILES string of the molecule is CCNC(=NCc1nc2ccccc2n1C)NCCOC.I. The number of hydrogen-bond donors (Lipinski definition) is 2. The minimum absolute atomic E-state index is 0. The molecule has 2 aromatic rings. The summed E-state index contributed by atoms with van der Waals surface area (Å²) in [6.07, 6.45) is 0. The zero-order valence-electron chi connectivity index (χ0n) is 13.3. The van der Waals surface area contributed by atoms with Crippen LogP contribution in [0.2, 0.25) is 0 Å². The second-order valence-electron chi connectivity index (χ2n) is 4.69. The van der Waals surface area contributed by atoms with Gasteiger partial charge in [0.2, 0.25) is 0 Å². The van der Waals surface area contributed by atoms with Gasteiger partial charge in [-0.1, -0.05) is 12.1 Å². The summed E-state index contributed by atoms with van der Waals surface area (Å²) in [5, 5.41) is 6.43. The number of benzene rings is 1. The molecule has 2 rings (SSSR count). The van der Waals surface area contributed by atoms with Crippen LogP contribution in [0.3, 0.4) is 0 Å². The van der Waals surface area contributed by atoms with E-state index in [1.54, 1.807) is 7.11 Å². The highest BCUT2D eigenvalue weighted by molar-refractivity contribution is 14.0. The van der Waals surface area contributed by atoms with Gasteiger partial charge >= 0.3 is 0 Å². The molecular weight excluding hydrogens is 393 g/mol. The van der Waals surface area contributed by atoms with Crippen LogP contribution in [0.1, 0.15) is 12.7 Å². The molecule has 22 heavy (non-hydrogen) atoms. The van der Waals surface area contributed by atoms with Crippen molar-refractivity contribution < 1.29 is 4.74 Å². The predicted molar refractivity (Wildman–Crippen MR) is 101 cm³/mol. The van der Waals surface area contributed by atoms with Crippen LogP contribution in [0.4, 0.5) is 0 Å². The highest BCUT2D eigenvalue weighted by Crippen LogP contribution is 2.14. The second kappa shape index (κ2) is 9.62. The third-order valence-corrected chi connectivity index (χ3v) is 3.20. The van der Waals surface area contributed by atoms with E-state index in [1.165, 1.54) is 0 Å². The van der Waals surface area contributed by atoms with Gasteiger partial charge in [0.25, 0.3) is 0 Å². The summed E-state index contributed by atoms with van der Waals surface area (Å²) in [5.41, 5.74) is 2.13. The van der Waals surface area contributed by atoms with Crippen LogP contribution in [0.25, 0.3) is 11.0 Å². The Kier molecular flexibility index (Phi) is 8.18. The van der Waals surface area contributed by atoms with Crippen LogP contribution >= 0.6 is 24.0 Å². The summed E-state index contributed by atoms with van der Waals surface area (Å²) in [7, 11) is 3.71. The Morgan fingerprint density at radius 1 is 1.32 bits per heavy atom. The Balaban J connectivity index is 0.00000242. The normalized spacial score (nSPS) is 11.3. The van der Waals surface area contributed by atoms with Crippen molar-refractivity contribution in [3.63, 3.8) is 0 Å². The molecule has 1 aromatic carbocycles. The maximum absolute atomic E-state index is 5.03. The van der Waals surface area contributed by atoms with Crippen molar-refractivity contribution >= 4 is 41.0 Å². The monoisotopic (exact) mass is 417 g/mol. The highest BCUT2D eigenvalue weighted by atomic mass is 127. The standard InChI is InChI=1S/C15H23N5O.HI/c1-4-16-15(17-9-10-21-3)18-11-14-19-12-7-5-6-8-13(12)20(14)2;/h5-8H,4,9-11H2,1-3H3,(H2,16,17,18);1H. The van der Waals surface area contributed by atoms with E-state index >= 15 is 0 Å². The van der Waals surface area contributed by atoms with Crippen molar-refractivity contribution in [3.05, 3.63) is 30.1 Å². The fourth-order valence-corrected chi connectivity index (χ4v) is 2.10. The van der Waals surface area contributed by atoms with Crippen molar-refractivity contribution in [3.8, 4) is 0 Å². The topological polar surface area (TPSA) is 63.5 Å². The first-order valence-corrected chi connectivity index (χ1v) is 7.17. The molecule has 1 heterocycles. The molecule has 0 saturated heterocycles. The van der Waals surface area contributed by atoms with Crippen LogP contribution in [0.5, 0.6) is 0 Å². The number of aliphatic imine (C=N–C) groups is 1. The van der Waals surface area contributed by atoms with E-state index in [0.717, 1.165) is 35.9 Å². The van der Waals surface area contributed by atoms with Gasteiger partial charge < -0.3 is 19.9 Å². The molecule has 0 radical (unpaired) electrons. The summed E-state index contributed by atoms with van der Waals surface area (Å²) >= 11 is 0. The third-order valence-electron chi connectivity index (χ3n) is 3.20. The maximum atomic E-state index is 5.03. The molecular formula is C15H24IN5O. The van der Waals surface area contributed by atoms with Crippen LogP contribution in [-0.2, 0) is 18.3 Å². The Bertz CT molecular complexity index is 611. The van der Waals surface area contributed by atoms with Crippen LogP contribution in [-0.4, -0.2) is 42.3 Å². The zero-order valence-corrected chi connectivity index (χ0v) is 15.6. The molecule has 0 unspecified atom stereocenters. The van der Waals surface area contributed by atoms with Gasteiger partial charge in [-0.15, -0.1) is 24.0 Å². The van der Waals surface area contributed by atoms with Gasteiger partial charge in [0.1, 0.15) is 12.4 Å². The van der Waals surface area contributed by atoms with Gasteiger partial charge in [-0.3, -0.25) is 0 Å². The average Bonchev–Trinajstić information content (AvgIpc) is 2.82. The van der Waals surface area contributed by atoms with Crippen LogP contribution < -0.4 is 10.6 Å². The molecule has 0 fully saturated rings. The molecule has 122 valence electrons. The number of rotatable bonds is 6. The number of aryl methyl sites for hydroxylation is 1. The number of nitrogens with zero attached hydrogens (tertiary/aromatic N) is 3. The van der Waals surface area contributed by atoms with Gasteiger partial charge in [-0.25, -0.2) is 9.98 Å². The molecule has 7 heteroatoms. The predicted octanol–water partition coefficient (Wildman–Crippen LogP) is 1.89. The van der Waals surface area contributed by atoms with E-state index in [2.05, 4.69) is 31.2 Å². The summed E-state index contributed by atoms with van der Waals surface area (Å²) in [6.45, 7) is 4.78. The summed E-state index contributed by atoms with van der Waals surface area (Å²) in [5.74, 6) is 1.72. The maximum Gasteiger partial charge on any atom is 0.191 e. The van der Waals surface area contributed by atoms with E-state index in [1.807, 2.05) is 32.2 Å². The summed E-state index contributed by atoms with van der Waals surface area (Å²) in [6, 6.07) is 8.11. The lowest BCUT2D eigenvalue weighted by Gasteiger charge is -2.10. The Hall–Kier alpha value is -1.35. The molecule has 6 nitrogen and oxygen atoms in total. The number of ether oxygens (including phenoxy) is 1. The fourth-order valence-electron chi connectivity index (χ4n) is 2.10. The molecule has 0 aliphatic rings. The lowest BCUT2D eigenvalue weighted by Crippen LogP contribution is -2.38. The quantitative estimate of drug-likeness (QED) is 0.326. The molecule has 0 saturated carbocycles. The summed E-state index contributed by atoms with van der Waals surface area (Å²) in [4.78, 5) is 9.18. The largest absolute Gasteiger partial charge is 0.383 e. The third kappa shape index (κ3) is 4.84. The minimum atomic E-state index is 0. The fraction of sp³-hybridized carbons (Fsp3) is 0.467. The molecule has 0 aliphatic heterocycles. The number of methoxy groups -OCH3 is 1. The van der Waals surface area contributed by atoms with Gasteiger partial charge in [-0.2, -0.15) is 0 Å². The highest BCUT2D eigenvalue weighted by Gasteiger charge is 2.06. The van der Waals surface area contributed by atoms with Gasteiger partial charge in [0.05, 0.1) is 17.6 Å². The van der Waals surface area contributed by atoms with Crippen molar-refractivity contribution in [2.24, 2.45) is 12.0 Å². The number of guanidine groups is 1. The number of nitrogens with one attached hydrogen (secondary N) is 2. The lowest BCUT2D eigenvalue weighted by molar-refractivity contribution is 0.203. The molecule has 0 amide bonds. The number of para-hydroxylation sites is 2. The van der Waals surface area contributed by atoms with E-state index in [4.69, 9.17) is 4.74 Å². The molecule has 1 aromatic heterocycles. The number of fused-ring (bicyclic) bond motifs is 1. The van der Waals surface area contributed by atoms with E-state index in [-0.39, 0.29) is 24.0 Å². The second-order valence-corrected chi connectivity index (χ2v) is 4.69. The van der Waals surface area contributed by atoms with Crippen molar-refractivity contribution in [2.45, 2.75) is 13.5 Å². The summed E-state index contributed by atoms with van der Waals surface area (Å²) < 4.78 is 7.11. The Morgan fingerprint density at radius 2 is 2.09 bits per heavy atom. The number of hydrogen-bond acceptors (Lipinski definition) is 3. The molecule has 2 N–H and O–H groups in total. The first-order chi connectivity index (χ1) is 10.3. The van der Waals surface area contributed by atoms with Crippen molar-refractivity contribution in [1.29, 1.82) is 0 Å². The first-order valence-electron chi connectivity index (χ1n) is 7.17. The van der Waals surface area contributed by atoms with Crippen molar-refractivity contribution in [2.75, 3.05) is 26.8 Å². The van der Waals surface area contributed by atoms with Gasteiger partial charge in [0, 0.05) is 27.2 Å². The molecule has 0 atom stereocenters. The first kappa shape index (κ1) is 18.7. The Labute approximate surface area is 148 Å². The lowest BCUT2D eigenvalue weighted by atomic mass is 10.3. The number of aromatic nitrogens is 2. The van der Waals surface area contributed by atoms with Crippen LogP contribution in [0, 0.1) is 0 Å². The van der Waals surface area contributed by atoms with E-state index in [0.29, 0.717) is 13.2 Å². The van der Waals surface area contributed by atoms with Gasteiger partial charge in [-0.05, 0) is 19.1 Å². The minimum Gasteiger partial charge on any atom is -0.383 e. The number of halogens is 1. The molecule has 0 bridgehead atoms. The van der Waals surface area contributed by atoms with Crippen molar-refractivity contribution in [1.82, 2.24) is 20.2 Å².